The molecular weight excluding hydrogens is 266 g/mol. The fourth-order valence-electron chi connectivity index (χ4n) is 1.47. The first-order chi connectivity index (χ1) is 9.15. The van der Waals surface area contributed by atoms with Gasteiger partial charge in [0.2, 0.25) is 0 Å². The van der Waals surface area contributed by atoms with E-state index in [1.165, 1.54) is 24.0 Å². The van der Waals surface area contributed by atoms with Crippen LogP contribution >= 0.6 is 11.3 Å². The Balaban J connectivity index is 2.36. The summed E-state index contributed by atoms with van der Waals surface area (Å²) in [6, 6.07) is 6.85. The molecular formula is C12H9N3O3S. The Morgan fingerprint density at radius 3 is 3.00 bits per heavy atom. The number of thiazole rings is 1. The molecule has 0 aliphatic rings. The molecule has 1 aromatic heterocycles. The molecule has 0 aliphatic carbocycles. The van der Waals surface area contributed by atoms with Gasteiger partial charge in [-0.25, -0.2) is 9.78 Å². The summed E-state index contributed by atoms with van der Waals surface area (Å²) in [5.41, 5.74) is 2.44. The van der Waals surface area contributed by atoms with Gasteiger partial charge in [0.15, 0.2) is 5.69 Å². The van der Waals surface area contributed by atoms with Crippen molar-refractivity contribution in [1.82, 2.24) is 4.98 Å². The molecule has 19 heavy (non-hydrogen) atoms. The number of rotatable bonds is 4. The first kappa shape index (κ1) is 12.9. The minimum atomic E-state index is -1.10. The van der Waals surface area contributed by atoms with Crippen molar-refractivity contribution in [1.29, 1.82) is 5.26 Å². The van der Waals surface area contributed by atoms with Crippen LogP contribution in [0.5, 0.6) is 5.75 Å². The molecule has 96 valence electrons. The van der Waals surface area contributed by atoms with E-state index >= 15 is 0 Å². The van der Waals surface area contributed by atoms with E-state index < -0.39 is 5.97 Å². The highest BCUT2D eigenvalue weighted by atomic mass is 32.1. The molecule has 0 bridgehead atoms. The monoisotopic (exact) mass is 275 g/mol. The fourth-order valence-corrected chi connectivity index (χ4v) is 2.16. The smallest absolute Gasteiger partial charge is 0.357 e. The molecule has 0 atom stereocenters. The highest BCUT2D eigenvalue weighted by Gasteiger charge is 2.15. The van der Waals surface area contributed by atoms with Gasteiger partial charge in [-0.05, 0) is 12.1 Å². The van der Waals surface area contributed by atoms with Gasteiger partial charge in [0, 0.05) is 6.07 Å². The van der Waals surface area contributed by atoms with Crippen molar-refractivity contribution in [3.63, 3.8) is 0 Å². The summed E-state index contributed by atoms with van der Waals surface area (Å²) in [6.07, 6.45) is 0. The Hall–Kier alpha value is -2.59. The number of aromatic nitrogens is 1. The topological polar surface area (TPSA) is 95.2 Å². The molecule has 6 nitrogen and oxygen atoms in total. The number of hydrogen-bond donors (Lipinski definition) is 2. The van der Waals surface area contributed by atoms with Crippen LogP contribution in [-0.2, 0) is 0 Å². The van der Waals surface area contributed by atoms with Crippen molar-refractivity contribution in [2.24, 2.45) is 0 Å². The first-order valence-corrected chi connectivity index (χ1v) is 6.05. The summed E-state index contributed by atoms with van der Waals surface area (Å²) in [7, 11) is 1.48. The second-order valence-electron chi connectivity index (χ2n) is 3.49. The Kier molecular flexibility index (Phi) is 3.63. The second-order valence-corrected chi connectivity index (χ2v) is 4.34. The van der Waals surface area contributed by atoms with Gasteiger partial charge in [0.25, 0.3) is 0 Å². The number of carboxylic acid groups (broad SMARTS) is 1. The molecule has 1 aromatic carbocycles. The van der Waals surface area contributed by atoms with E-state index in [1.807, 2.05) is 6.07 Å². The van der Waals surface area contributed by atoms with Gasteiger partial charge in [-0.2, -0.15) is 5.26 Å². The van der Waals surface area contributed by atoms with Gasteiger partial charge < -0.3 is 15.2 Å². The molecule has 2 rings (SSSR count). The van der Waals surface area contributed by atoms with Crippen molar-refractivity contribution >= 4 is 28.0 Å². The van der Waals surface area contributed by atoms with E-state index in [1.54, 1.807) is 18.2 Å². The number of aromatic carboxylic acids is 1. The van der Waals surface area contributed by atoms with Crippen LogP contribution in [0.15, 0.2) is 23.7 Å². The maximum atomic E-state index is 11.0. The van der Waals surface area contributed by atoms with Crippen molar-refractivity contribution in [3.05, 3.63) is 35.0 Å². The molecule has 0 unspecified atom stereocenters. The number of anilines is 2. The molecule has 1 heterocycles. The lowest BCUT2D eigenvalue weighted by Gasteiger charge is -2.10. The zero-order valence-corrected chi connectivity index (χ0v) is 10.7. The molecule has 0 saturated carbocycles. The number of hydrogen-bond acceptors (Lipinski definition) is 6. The normalized spacial score (nSPS) is 9.68. The van der Waals surface area contributed by atoms with Gasteiger partial charge in [-0.15, -0.1) is 11.3 Å². The number of carbonyl (C=O) groups is 1. The summed E-state index contributed by atoms with van der Waals surface area (Å²) in [4.78, 5) is 14.7. The van der Waals surface area contributed by atoms with Crippen molar-refractivity contribution in [2.45, 2.75) is 0 Å². The Morgan fingerprint density at radius 2 is 2.37 bits per heavy atom. The number of ether oxygens (including phenoxy) is 1. The first-order valence-electron chi connectivity index (χ1n) is 5.17. The van der Waals surface area contributed by atoms with Crippen LogP contribution in [-0.4, -0.2) is 23.2 Å². The lowest BCUT2D eigenvalue weighted by atomic mass is 10.2. The Morgan fingerprint density at radius 1 is 1.58 bits per heavy atom. The summed E-state index contributed by atoms with van der Waals surface area (Å²) in [5, 5.41) is 21.1. The number of methoxy groups -OCH3 is 1. The number of nitriles is 1. The molecule has 0 radical (unpaired) electrons. The average molecular weight is 275 g/mol. The van der Waals surface area contributed by atoms with Crippen molar-refractivity contribution in [3.8, 4) is 11.8 Å². The van der Waals surface area contributed by atoms with E-state index in [-0.39, 0.29) is 5.69 Å². The van der Waals surface area contributed by atoms with Crippen LogP contribution in [0.1, 0.15) is 16.1 Å². The van der Waals surface area contributed by atoms with E-state index in [2.05, 4.69) is 10.3 Å². The Labute approximate surface area is 112 Å². The maximum absolute atomic E-state index is 11.0. The van der Waals surface area contributed by atoms with Crippen LogP contribution in [0.25, 0.3) is 0 Å². The number of benzene rings is 1. The van der Waals surface area contributed by atoms with Crippen LogP contribution < -0.4 is 10.1 Å². The Bertz CT molecular complexity index is 660. The van der Waals surface area contributed by atoms with Crippen LogP contribution in [0.2, 0.25) is 0 Å². The van der Waals surface area contributed by atoms with Gasteiger partial charge in [0.05, 0.1) is 29.9 Å². The third-order valence-corrected chi connectivity index (χ3v) is 3.09. The molecule has 0 saturated heterocycles. The van der Waals surface area contributed by atoms with E-state index in [0.717, 1.165) is 0 Å². The van der Waals surface area contributed by atoms with Crippen LogP contribution in [0.3, 0.4) is 0 Å². The van der Waals surface area contributed by atoms with Crippen LogP contribution in [0.4, 0.5) is 10.7 Å². The van der Waals surface area contributed by atoms with Gasteiger partial charge in [-0.1, -0.05) is 0 Å². The molecule has 0 aliphatic heterocycles. The molecule has 7 heteroatoms. The minimum Gasteiger partial charge on any atom is -0.495 e. The number of carboxylic acids is 1. The molecule has 2 aromatic rings. The lowest BCUT2D eigenvalue weighted by Crippen LogP contribution is -2.02. The SMILES string of the molecule is COc1cc(C#N)ccc1Nc1scnc1C(=O)O. The summed E-state index contributed by atoms with van der Waals surface area (Å²) in [5.74, 6) is -0.639. The lowest BCUT2D eigenvalue weighted by molar-refractivity contribution is 0.0692. The summed E-state index contributed by atoms with van der Waals surface area (Å²) >= 11 is 1.18. The zero-order valence-electron chi connectivity index (χ0n) is 9.88. The highest BCUT2D eigenvalue weighted by molar-refractivity contribution is 7.14. The summed E-state index contributed by atoms with van der Waals surface area (Å²) in [6.45, 7) is 0. The molecule has 0 spiro atoms. The van der Waals surface area contributed by atoms with E-state index in [0.29, 0.717) is 22.0 Å². The average Bonchev–Trinajstić information content (AvgIpc) is 2.87. The summed E-state index contributed by atoms with van der Waals surface area (Å²) < 4.78 is 5.16. The third-order valence-electron chi connectivity index (χ3n) is 2.35. The standard InChI is InChI=1S/C12H9N3O3S/c1-18-9-4-7(5-13)2-3-8(9)15-11-10(12(16)17)14-6-19-11/h2-4,6,15H,1H3,(H,16,17). The maximum Gasteiger partial charge on any atom is 0.357 e. The molecule has 0 fully saturated rings. The van der Waals surface area contributed by atoms with Gasteiger partial charge in [0.1, 0.15) is 10.8 Å². The van der Waals surface area contributed by atoms with E-state index in [4.69, 9.17) is 15.1 Å². The fraction of sp³-hybridized carbons (Fsp3) is 0.0833. The molecule has 2 N–H and O–H groups in total. The highest BCUT2D eigenvalue weighted by Crippen LogP contribution is 2.31. The molecule has 0 amide bonds. The minimum absolute atomic E-state index is 0.0450. The van der Waals surface area contributed by atoms with Crippen LogP contribution in [0, 0.1) is 11.3 Å². The predicted octanol–water partition coefficient (Wildman–Crippen LogP) is 2.47. The zero-order chi connectivity index (χ0) is 13.8. The van der Waals surface area contributed by atoms with Gasteiger partial charge >= 0.3 is 5.97 Å². The van der Waals surface area contributed by atoms with E-state index in [9.17, 15) is 4.79 Å². The largest absolute Gasteiger partial charge is 0.495 e. The second kappa shape index (κ2) is 5.37. The quantitative estimate of drug-likeness (QED) is 0.890. The third kappa shape index (κ3) is 2.64. The number of nitrogens with zero attached hydrogens (tertiary/aromatic N) is 2. The van der Waals surface area contributed by atoms with Gasteiger partial charge in [-0.3, -0.25) is 0 Å². The van der Waals surface area contributed by atoms with Crippen molar-refractivity contribution < 1.29 is 14.6 Å². The number of nitrogens with one attached hydrogen (secondary N) is 1. The van der Waals surface area contributed by atoms with Crippen molar-refractivity contribution in [2.75, 3.05) is 12.4 Å². The predicted molar refractivity (Wildman–Crippen MR) is 70.1 cm³/mol.